The van der Waals surface area contributed by atoms with Gasteiger partial charge in [-0.1, -0.05) is 48.0 Å². The minimum absolute atomic E-state index is 0.192. The second kappa shape index (κ2) is 8.47. The first-order valence-corrected chi connectivity index (χ1v) is 11.5. The summed E-state index contributed by atoms with van der Waals surface area (Å²) in [5, 5.41) is 30.2. The number of aliphatic hydroxyl groups excluding tert-OH is 3. The summed E-state index contributed by atoms with van der Waals surface area (Å²) in [5.74, 6) is 0.494. The Morgan fingerprint density at radius 2 is 1.77 bits per heavy atom. The zero-order chi connectivity index (χ0) is 21.6. The Morgan fingerprint density at radius 3 is 2.45 bits per heavy atom. The van der Waals surface area contributed by atoms with Crippen LogP contribution in [0, 0.1) is 0 Å². The Hall–Kier alpha value is -1.47. The quantitative estimate of drug-likeness (QED) is 0.657. The van der Waals surface area contributed by atoms with Crippen LogP contribution in [-0.2, 0) is 15.9 Å². The molecule has 0 bridgehead atoms. The van der Waals surface area contributed by atoms with Gasteiger partial charge in [-0.25, -0.2) is 0 Å². The average molecular weight is 445 g/mol. The van der Waals surface area contributed by atoms with Crippen molar-refractivity contribution in [2.24, 2.45) is 0 Å². The van der Waals surface area contributed by atoms with Crippen LogP contribution in [0.25, 0.3) is 0 Å². The molecule has 2 aliphatic heterocycles. The molecule has 3 aliphatic rings. The van der Waals surface area contributed by atoms with Crippen molar-refractivity contribution >= 4 is 11.6 Å². The zero-order valence-corrected chi connectivity index (χ0v) is 18.2. The van der Waals surface area contributed by atoms with E-state index in [4.69, 9.17) is 21.1 Å². The van der Waals surface area contributed by atoms with E-state index in [9.17, 15) is 15.3 Å². The lowest BCUT2D eigenvalue weighted by Gasteiger charge is -2.36. The monoisotopic (exact) mass is 444 g/mol. The van der Waals surface area contributed by atoms with Crippen LogP contribution in [0.3, 0.4) is 0 Å². The first-order valence-electron chi connectivity index (χ1n) is 11.1. The van der Waals surface area contributed by atoms with Gasteiger partial charge in [-0.05, 0) is 54.0 Å². The summed E-state index contributed by atoms with van der Waals surface area (Å²) in [5.41, 5.74) is 4.58. The Morgan fingerprint density at radius 1 is 1.03 bits per heavy atom. The third-order valence-corrected chi connectivity index (χ3v) is 7.42. The van der Waals surface area contributed by atoms with Gasteiger partial charge in [-0.3, -0.25) is 0 Å². The maximum Gasteiger partial charge on any atom is 0.110 e. The molecule has 0 radical (unpaired) electrons. The highest BCUT2D eigenvalue weighted by Crippen LogP contribution is 2.51. The molecular formula is C25H29ClO5. The molecule has 166 valence electrons. The molecule has 5 nitrogen and oxygen atoms in total. The molecule has 5 rings (SSSR count). The summed E-state index contributed by atoms with van der Waals surface area (Å²) in [6.45, 7) is 0.485. The number of hydrogen-bond donors (Lipinski definition) is 3. The summed E-state index contributed by atoms with van der Waals surface area (Å²) in [6, 6.07) is 14.5. The van der Waals surface area contributed by atoms with E-state index in [1.165, 1.54) is 24.0 Å². The summed E-state index contributed by atoms with van der Waals surface area (Å²) < 4.78 is 11.8. The van der Waals surface area contributed by atoms with Crippen LogP contribution in [-0.4, -0.2) is 52.4 Å². The molecule has 0 amide bonds. The van der Waals surface area contributed by atoms with Crippen molar-refractivity contribution in [1.29, 1.82) is 0 Å². The van der Waals surface area contributed by atoms with Crippen molar-refractivity contribution in [3.05, 3.63) is 69.7 Å². The zero-order valence-electron chi connectivity index (χ0n) is 17.4. The number of benzene rings is 2. The molecule has 3 N–H and O–H groups in total. The van der Waals surface area contributed by atoms with E-state index >= 15 is 0 Å². The van der Waals surface area contributed by atoms with E-state index in [1.807, 2.05) is 18.2 Å². The summed E-state index contributed by atoms with van der Waals surface area (Å²) in [6.07, 6.45) is 1.31. The molecule has 1 unspecified atom stereocenters. The minimum atomic E-state index is -1.08. The van der Waals surface area contributed by atoms with Gasteiger partial charge < -0.3 is 24.8 Å². The first kappa shape index (κ1) is 21.4. The number of halogens is 1. The fourth-order valence-electron chi connectivity index (χ4n) is 4.92. The van der Waals surface area contributed by atoms with Gasteiger partial charge in [-0.2, -0.15) is 0 Å². The Kier molecular flexibility index (Phi) is 5.84. The van der Waals surface area contributed by atoms with Crippen molar-refractivity contribution in [2.45, 2.75) is 68.0 Å². The molecule has 1 spiro atoms. The highest BCUT2D eigenvalue weighted by Gasteiger charge is 2.50. The van der Waals surface area contributed by atoms with Gasteiger partial charge in [0.05, 0.1) is 31.0 Å². The maximum absolute atomic E-state index is 10.1. The van der Waals surface area contributed by atoms with Crippen LogP contribution in [0.4, 0.5) is 0 Å². The third kappa shape index (κ3) is 4.40. The Balaban J connectivity index is 1.29. The second-order valence-electron chi connectivity index (χ2n) is 9.30. The van der Waals surface area contributed by atoms with E-state index in [0.717, 1.165) is 24.2 Å². The van der Waals surface area contributed by atoms with E-state index in [1.54, 1.807) is 0 Å². The molecule has 2 aromatic carbocycles. The van der Waals surface area contributed by atoms with Crippen LogP contribution in [0.2, 0.25) is 5.02 Å². The number of ether oxygens (including phenoxy) is 2. The molecule has 2 saturated heterocycles. The van der Waals surface area contributed by atoms with Crippen molar-refractivity contribution in [3.8, 4) is 0 Å². The standard InChI is InChI=1S/C25H29ClO5/c26-20-6-5-17(22-11-21(28)24(29)23(13-27)31-22)10-18(20)9-15-1-3-16(4-2-15)19-12-25(7-8-25)30-14-19/h1-6,10,19,21-24,27-29H,7-9,11-14H2/t19?,21-,22-,23-,24+/m1/s1. The van der Waals surface area contributed by atoms with Crippen molar-refractivity contribution < 1.29 is 24.8 Å². The number of hydrogen-bond acceptors (Lipinski definition) is 5. The topological polar surface area (TPSA) is 79.2 Å². The maximum atomic E-state index is 10.1. The molecule has 1 aliphatic carbocycles. The van der Waals surface area contributed by atoms with Crippen LogP contribution in [0.15, 0.2) is 42.5 Å². The van der Waals surface area contributed by atoms with Gasteiger partial charge in [0.25, 0.3) is 0 Å². The second-order valence-corrected chi connectivity index (χ2v) is 9.71. The van der Waals surface area contributed by atoms with E-state index in [-0.39, 0.29) is 18.6 Å². The van der Waals surface area contributed by atoms with Gasteiger partial charge >= 0.3 is 0 Å². The lowest BCUT2D eigenvalue weighted by molar-refractivity contribution is -0.181. The smallest absolute Gasteiger partial charge is 0.110 e. The van der Waals surface area contributed by atoms with E-state index in [0.29, 0.717) is 17.4 Å². The highest BCUT2D eigenvalue weighted by atomic mass is 35.5. The largest absolute Gasteiger partial charge is 0.394 e. The van der Waals surface area contributed by atoms with Gasteiger partial charge in [0.15, 0.2) is 0 Å². The molecule has 5 atom stereocenters. The van der Waals surface area contributed by atoms with Gasteiger partial charge in [0.2, 0.25) is 0 Å². The molecule has 31 heavy (non-hydrogen) atoms. The molecule has 2 aromatic rings. The van der Waals surface area contributed by atoms with Gasteiger partial charge in [-0.15, -0.1) is 0 Å². The molecule has 0 aromatic heterocycles. The lowest BCUT2D eigenvalue weighted by Crippen LogP contribution is -2.47. The molecule has 6 heteroatoms. The van der Waals surface area contributed by atoms with Gasteiger partial charge in [0.1, 0.15) is 12.2 Å². The van der Waals surface area contributed by atoms with Crippen molar-refractivity contribution in [1.82, 2.24) is 0 Å². The van der Waals surface area contributed by atoms with Crippen LogP contribution in [0.1, 0.15) is 60.0 Å². The lowest BCUT2D eigenvalue weighted by atomic mass is 9.91. The van der Waals surface area contributed by atoms with Gasteiger partial charge in [0, 0.05) is 17.4 Å². The Bertz CT molecular complexity index is 926. The summed E-state index contributed by atoms with van der Waals surface area (Å²) in [7, 11) is 0. The number of aliphatic hydroxyl groups is 3. The minimum Gasteiger partial charge on any atom is -0.394 e. The summed E-state index contributed by atoms with van der Waals surface area (Å²) >= 11 is 6.48. The highest BCUT2D eigenvalue weighted by molar-refractivity contribution is 6.31. The van der Waals surface area contributed by atoms with Crippen molar-refractivity contribution in [3.63, 3.8) is 0 Å². The van der Waals surface area contributed by atoms with Crippen LogP contribution < -0.4 is 0 Å². The fourth-order valence-corrected chi connectivity index (χ4v) is 5.11. The predicted octanol–water partition coefficient (Wildman–Crippen LogP) is 3.51. The predicted molar refractivity (Wildman–Crippen MR) is 117 cm³/mol. The van der Waals surface area contributed by atoms with Crippen LogP contribution in [0.5, 0.6) is 0 Å². The van der Waals surface area contributed by atoms with Crippen molar-refractivity contribution in [2.75, 3.05) is 13.2 Å². The van der Waals surface area contributed by atoms with E-state index in [2.05, 4.69) is 24.3 Å². The molecule has 1 saturated carbocycles. The Labute approximate surface area is 187 Å². The fraction of sp³-hybridized carbons (Fsp3) is 0.520. The molecular weight excluding hydrogens is 416 g/mol. The average Bonchev–Trinajstić information content (AvgIpc) is 3.40. The molecule has 3 fully saturated rings. The van der Waals surface area contributed by atoms with E-state index < -0.39 is 24.4 Å². The van der Waals surface area contributed by atoms with Crippen LogP contribution >= 0.6 is 11.6 Å². The number of rotatable bonds is 5. The normalized spacial score (nSPS) is 31.8. The third-order valence-electron chi connectivity index (χ3n) is 7.05. The SMILES string of the molecule is OC[C@H]1O[C@@H](c2ccc(Cl)c(Cc3ccc(C4COC5(CC5)C4)cc3)c2)C[C@@H](O)[C@@H]1O. The first-order chi connectivity index (χ1) is 15.0. The summed E-state index contributed by atoms with van der Waals surface area (Å²) in [4.78, 5) is 0. The molecule has 2 heterocycles.